The van der Waals surface area contributed by atoms with Gasteiger partial charge in [0.1, 0.15) is 0 Å². The topological polar surface area (TPSA) is 59.8 Å². The lowest BCUT2D eigenvalue weighted by molar-refractivity contribution is 0.102. The first-order chi connectivity index (χ1) is 12.6. The Morgan fingerprint density at radius 3 is 2.23 bits per heavy atom. The molecule has 0 bridgehead atoms. The molecule has 1 amide bonds. The minimum absolute atomic E-state index is 0.153. The normalized spacial score (nSPS) is 10.8. The third kappa shape index (κ3) is 3.07. The number of carbonyl (C=O) groups is 1. The Labute approximate surface area is 151 Å². The fourth-order valence-electron chi connectivity index (χ4n) is 2.80. The summed E-state index contributed by atoms with van der Waals surface area (Å²) in [5, 5.41) is 2.93. The predicted octanol–water partition coefficient (Wildman–Crippen LogP) is 4.29. The highest BCUT2D eigenvalue weighted by molar-refractivity contribution is 6.05. The first kappa shape index (κ1) is 16.0. The molecule has 0 unspecified atom stereocenters. The van der Waals surface area contributed by atoms with Gasteiger partial charge in [-0.05, 0) is 68.4 Å². The number of benzene rings is 2. The molecule has 2 aromatic heterocycles. The van der Waals surface area contributed by atoms with E-state index in [2.05, 4.69) is 15.3 Å². The highest BCUT2D eigenvalue weighted by atomic mass is 16.1. The fourth-order valence-corrected chi connectivity index (χ4v) is 2.80. The molecule has 26 heavy (non-hydrogen) atoms. The summed E-state index contributed by atoms with van der Waals surface area (Å²) in [7, 11) is 0. The number of nitrogens with one attached hydrogen (secondary N) is 1. The molecule has 0 aliphatic rings. The second-order valence-electron chi connectivity index (χ2n) is 6.19. The van der Waals surface area contributed by atoms with Gasteiger partial charge in [0.25, 0.3) is 5.91 Å². The third-order valence-corrected chi connectivity index (χ3v) is 4.37. The summed E-state index contributed by atoms with van der Waals surface area (Å²) >= 11 is 0. The summed E-state index contributed by atoms with van der Waals surface area (Å²) in [5.74, 6) is -0.153. The van der Waals surface area contributed by atoms with Crippen LogP contribution in [0.15, 0.2) is 67.0 Å². The standard InChI is InChI=1S/C21H18N4O/c1-14-15(2)23-20-13-17(7-10-19(20)22-14)24-21(26)16-5-8-18(9-6-16)25-11-3-4-12-25/h3-13H,1-2H3,(H,24,26). The average Bonchev–Trinajstić information content (AvgIpc) is 3.18. The van der Waals surface area contributed by atoms with Crippen LogP contribution in [-0.4, -0.2) is 20.4 Å². The summed E-state index contributed by atoms with van der Waals surface area (Å²) in [5.41, 5.74) is 5.72. The lowest BCUT2D eigenvalue weighted by atomic mass is 10.2. The average molecular weight is 342 g/mol. The summed E-state index contributed by atoms with van der Waals surface area (Å²) < 4.78 is 1.99. The molecule has 0 saturated carbocycles. The van der Waals surface area contributed by atoms with E-state index < -0.39 is 0 Å². The molecule has 0 aliphatic heterocycles. The fraction of sp³-hybridized carbons (Fsp3) is 0.0952. The van der Waals surface area contributed by atoms with Crippen molar-refractivity contribution in [3.63, 3.8) is 0 Å². The van der Waals surface area contributed by atoms with Gasteiger partial charge < -0.3 is 9.88 Å². The van der Waals surface area contributed by atoms with E-state index in [9.17, 15) is 4.79 Å². The molecule has 2 heterocycles. The minimum atomic E-state index is -0.153. The van der Waals surface area contributed by atoms with E-state index in [1.165, 1.54) is 0 Å². The van der Waals surface area contributed by atoms with Crippen molar-refractivity contribution in [1.82, 2.24) is 14.5 Å². The molecule has 4 rings (SSSR count). The van der Waals surface area contributed by atoms with Crippen LogP contribution in [-0.2, 0) is 0 Å². The summed E-state index contributed by atoms with van der Waals surface area (Å²) in [6.07, 6.45) is 3.93. The predicted molar refractivity (Wildman–Crippen MR) is 103 cm³/mol. The van der Waals surface area contributed by atoms with Crippen molar-refractivity contribution in [1.29, 1.82) is 0 Å². The molecule has 0 radical (unpaired) electrons. The number of hydrogen-bond acceptors (Lipinski definition) is 3. The molecular weight excluding hydrogens is 324 g/mol. The zero-order chi connectivity index (χ0) is 18.1. The van der Waals surface area contributed by atoms with E-state index >= 15 is 0 Å². The quantitative estimate of drug-likeness (QED) is 0.604. The van der Waals surface area contributed by atoms with Crippen LogP contribution in [0.25, 0.3) is 16.7 Å². The highest BCUT2D eigenvalue weighted by Gasteiger charge is 2.08. The number of aromatic nitrogens is 3. The van der Waals surface area contributed by atoms with Crippen LogP contribution in [0, 0.1) is 13.8 Å². The number of rotatable bonds is 3. The largest absolute Gasteiger partial charge is 0.324 e. The summed E-state index contributed by atoms with van der Waals surface area (Å²) in [6, 6.07) is 17.0. The molecule has 128 valence electrons. The van der Waals surface area contributed by atoms with Crippen LogP contribution in [0.2, 0.25) is 0 Å². The number of carbonyl (C=O) groups excluding carboxylic acids is 1. The van der Waals surface area contributed by atoms with Crippen molar-refractivity contribution < 1.29 is 4.79 Å². The first-order valence-electron chi connectivity index (χ1n) is 8.40. The van der Waals surface area contributed by atoms with Gasteiger partial charge >= 0.3 is 0 Å². The SMILES string of the molecule is Cc1nc2ccc(NC(=O)c3ccc(-n4cccc4)cc3)cc2nc1C. The molecule has 0 fully saturated rings. The van der Waals surface area contributed by atoms with Crippen LogP contribution in [0.4, 0.5) is 5.69 Å². The number of anilines is 1. The molecule has 0 saturated heterocycles. The van der Waals surface area contributed by atoms with Crippen LogP contribution in [0.5, 0.6) is 0 Å². The van der Waals surface area contributed by atoms with Crippen molar-refractivity contribution in [3.8, 4) is 5.69 Å². The molecule has 1 N–H and O–H groups in total. The van der Waals surface area contributed by atoms with Gasteiger partial charge in [0, 0.05) is 29.3 Å². The van der Waals surface area contributed by atoms with Gasteiger partial charge in [-0.25, -0.2) is 9.97 Å². The van der Waals surface area contributed by atoms with E-state index in [1.54, 1.807) is 0 Å². The zero-order valence-electron chi connectivity index (χ0n) is 14.6. The Bertz CT molecular complexity index is 1080. The van der Waals surface area contributed by atoms with Gasteiger partial charge in [-0.15, -0.1) is 0 Å². The molecule has 0 atom stereocenters. The number of aryl methyl sites for hydroxylation is 2. The smallest absolute Gasteiger partial charge is 0.255 e. The lowest BCUT2D eigenvalue weighted by Crippen LogP contribution is -2.12. The molecule has 4 aromatic rings. The van der Waals surface area contributed by atoms with Gasteiger partial charge in [0.15, 0.2) is 0 Å². The highest BCUT2D eigenvalue weighted by Crippen LogP contribution is 2.19. The van der Waals surface area contributed by atoms with E-state index in [4.69, 9.17) is 0 Å². The first-order valence-corrected chi connectivity index (χ1v) is 8.40. The van der Waals surface area contributed by atoms with E-state index in [1.807, 2.05) is 85.4 Å². The number of nitrogens with zero attached hydrogens (tertiary/aromatic N) is 3. The van der Waals surface area contributed by atoms with Gasteiger partial charge in [0.2, 0.25) is 0 Å². The van der Waals surface area contributed by atoms with E-state index in [0.717, 1.165) is 28.1 Å². The molecule has 5 heteroatoms. The molecule has 2 aromatic carbocycles. The maximum atomic E-state index is 12.5. The van der Waals surface area contributed by atoms with Crippen molar-refractivity contribution in [2.24, 2.45) is 0 Å². The Kier molecular flexibility index (Phi) is 3.97. The number of fused-ring (bicyclic) bond motifs is 1. The van der Waals surface area contributed by atoms with Crippen molar-refractivity contribution in [3.05, 3.63) is 83.9 Å². The Morgan fingerprint density at radius 1 is 0.885 bits per heavy atom. The van der Waals surface area contributed by atoms with Gasteiger partial charge in [-0.2, -0.15) is 0 Å². The Balaban J connectivity index is 1.56. The monoisotopic (exact) mass is 342 g/mol. The summed E-state index contributed by atoms with van der Waals surface area (Å²) in [6.45, 7) is 3.87. The van der Waals surface area contributed by atoms with E-state index in [0.29, 0.717) is 11.3 Å². The Hall–Kier alpha value is -3.47. The van der Waals surface area contributed by atoms with Crippen LogP contribution >= 0.6 is 0 Å². The molecule has 0 aliphatic carbocycles. The molecular formula is C21H18N4O. The van der Waals surface area contributed by atoms with Crippen molar-refractivity contribution in [2.75, 3.05) is 5.32 Å². The van der Waals surface area contributed by atoms with Gasteiger partial charge in [-0.1, -0.05) is 0 Å². The van der Waals surface area contributed by atoms with Crippen LogP contribution in [0.1, 0.15) is 21.7 Å². The van der Waals surface area contributed by atoms with Crippen LogP contribution in [0.3, 0.4) is 0 Å². The van der Waals surface area contributed by atoms with Gasteiger partial charge in [-0.3, -0.25) is 4.79 Å². The molecule has 5 nitrogen and oxygen atoms in total. The molecule has 0 spiro atoms. The number of amides is 1. The Morgan fingerprint density at radius 2 is 1.54 bits per heavy atom. The van der Waals surface area contributed by atoms with Gasteiger partial charge in [0.05, 0.1) is 22.4 Å². The summed E-state index contributed by atoms with van der Waals surface area (Å²) in [4.78, 5) is 21.6. The second-order valence-corrected chi connectivity index (χ2v) is 6.19. The third-order valence-electron chi connectivity index (χ3n) is 4.37. The maximum Gasteiger partial charge on any atom is 0.255 e. The van der Waals surface area contributed by atoms with E-state index in [-0.39, 0.29) is 5.91 Å². The lowest BCUT2D eigenvalue weighted by Gasteiger charge is -2.08. The maximum absolute atomic E-state index is 12.5. The second kappa shape index (κ2) is 6.44. The van der Waals surface area contributed by atoms with Crippen molar-refractivity contribution >= 4 is 22.6 Å². The number of hydrogen-bond donors (Lipinski definition) is 1. The minimum Gasteiger partial charge on any atom is -0.324 e. The zero-order valence-corrected chi connectivity index (χ0v) is 14.6. The van der Waals surface area contributed by atoms with Crippen molar-refractivity contribution in [2.45, 2.75) is 13.8 Å². The van der Waals surface area contributed by atoms with Crippen LogP contribution < -0.4 is 5.32 Å².